The highest BCUT2D eigenvalue weighted by atomic mass is 28.5. The molecule has 1 unspecified atom stereocenters. The maximum absolute atomic E-state index is 12.7. The molecule has 17 nitrogen and oxygen atoms in total. The average Bonchev–Trinajstić information content (AvgIpc) is 2.92. The van der Waals surface area contributed by atoms with Gasteiger partial charge in [-0.05, 0) is 150 Å². The number of carbonyl (C=O) groups excluding carboxylic acids is 1. The van der Waals surface area contributed by atoms with Crippen molar-refractivity contribution < 1.29 is 77.1 Å². The number of esters is 1. The summed E-state index contributed by atoms with van der Waals surface area (Å²) in [6, 6.07) is 1.38. The lowest BCUT2D eigenvalue weighted by molar-refractivity contribution is -0.341. The first-order chi connectivity index (χ1) is 26.2. The molecule has 1 aliphatic rings. The van der Waals surface area contributed by atoms with Gasteiger partial charge in [-0.25, -0.2) is 0 Å². The van der Waals surface area contributed by atoms with Crippen molar-refractivity contribution in [3.8, 4) is 0 Å². The quantitative estimate of drug-likeness (QED) is 0.0515. The second-order valence-corrected chi connectivity index (χ2v) is 53.7. The molecule has 0 amide bonds. The van der Waals surface area contributed by atoms with Crippen molar-refractivity contribution in [2.45, 2.75) is 193 Å². The highest BCUT2D eigenvalue weighted by Gasteiger charge is 2.50. The van der Waals surface area contributed by atoms with Gasteiger partial charge in [0.2, 0.25) is 6.29 Å². The van der Waals surface area contributed by atoms with Crippen LogP contribution in [0.3, 0.4) is 0 Å². The molecule has 0 saturated carbocycles. The summed E-state index contributed by atoms with van der Waals surface area (Å²) in [5.74, 6) is -1.41. The molecule has 0 aliphatic carbocycles. The normalized spacial score (nSPS) is 22.1. The molecule has 1 saturated heterocycles. The fourth-order valence-electron chi connectivity index (χ4n) is 7.86. The number of hydrogen-bond acceptors (Lipinski definition) is 16. The molecule has 26 heteroatoms. The minimum atomic E-state index is -2.81. The molecule has 0 radical (unpaired) electrons. The average molecular weight is 1000 g/mol. The Kier molecular flexibility index (Phi) is 21.4. The SMILES string of the molecule is CCOC1O[C@H](OC(=O)CCC[Si](C)(C)O[Si](C)(C)O[Si](C)(C)O[Si](C)(C)O[Si](C)(C)O[Si](C)(C)O[Si](C)(C)O[Si](C)(C)O[Si](C)(C)CCCC(=O)O)[C@@H](O)[C@@H](O)[C@H]1O. The number of aliphatic hydroxyl groups is 3. The van der Waals surface area contributed by atoms with E-state index in [0.29, 0.717) is 18.9 Å². The minimum Gasteiger partial charge on any atom is -0.481 e. The molecule has 1 rings (SSSR count). The summed E-state index contributed by atoms with van der Waals surface area (Å²) in [5.41, 5.74) is 0. The van der Waals surface area contributed by atoms with E-state index >= 15 is 0 Å². The first-order valence-electron chi connectivity index (χ1n) is 20.6. The van der Waals surface area contributed by atoms with E-state index in [1.165, 1.54) is 0 Å². The number of ether oxygens (including phenoxy) is 3. The van der Waals surface area contributed by atoms with Gasteiger partial charge in [-0.3, -0.25) is 9.59 Å². The summed E-state index contributed by atoms with van der Waals surface area (Å²) >= 11 is 0. The molecule has 1 aliphatic heterocycles. The third kappa shape index (κ3) is 23.2. The molecule has 59 heavy (non-hydrogen) atoms. The van der Waals surface area contributed by atoms with Crippen LogP contribution >= 0.6 is 0 Å². The smallest absolute Gasteiger partial charge is 0.314 e. The van der Waals surface area contributed by atoms with Crippen LogP contribution in [0.4, 0.5) is 0 Å². The zero-order valence-electron chi connectivity index (χ0n) is 39.4. The summed E-state index contributed by atoms with van der Waals surface area (Å²) in [7, 11) is -23.8. The van der Waals surface area contributed by atoms with E-state index < -0.39 is 119 Å². The Bertz CT molecular complexity index is 1350. The molecule has 5 atom stereocenters. The second-order valence-electron chi connectivity index (χ2n) is 19.5. The van der Waals surface area contributed by atoms with E-state index in [0.717, 1.165) is 6.04 Å². The number of aliphatic hydroxyl groups excluding tert-OH is 3. The minimum absolute atomic E-state index is 0.0399. The Morgan fingerprint density at radius 1 is 0.475 bits per heavy atom. The largest absolute Gasteiger partial charge is 0.481 e. The van der Waals surface area contributed by atoms with E-state index in [4.69, 9.17) is 52.2 Å². The van der Waals surface area contributed by atoms with E-state index in [1.54, 1.807) is 6.92 Å². The Balaban J connectivity index is 2.78. The van der Waals surface area contributed by atoms with Crippen LogP contribution in [-0.4, -0.2) is 146 Å². The van der Waals surface area contributed by atoms with E-state index in [-0.39, 0.29) is 19.4 Å². The van der Waals surface area contributed by atoms with Crippen LogP contribution in [0.2, 0.25) is 130 Å². The topological polar surface area (TPSA) is 217 Å². The third-order valence-corrected chi connectivity index (χ3v) is 43.5. The standard InChI is InChI=1S/C33H80O17Si9/c1-20-40-32-30(38)29(37)31(39)33(42-32)41-28(36)24-22-26-52(4,5)44-54(8,9)46-56(12,13)48-58(16,17)50-59(18,19)49-57(14,15)47-55(10,11)45-53(6,7)43-51(2,3)25-21-23-27(34)35/h29-33,37-39H,20-26H2,1-19H3,(H,34,35)/t29-,30+,31-,32?,33-/m0/s1. The molecule has 0 aromatic carbocycles. The molecule has 4 N–H and O–H groups in total. The van der Waals surface area contributed by atoms with Crippen molar-refractivity contribution >= 4 is 88.5 Å². The molecule has 1 fully saturated rings. The van der Waals surface area contributed by atoms with Crippen LogP contribution in [0.25, 0.3) is 0 Å². The Morgan fingerprint density at radius 2 is 0.780 bits per heavy atom. The predicted octanol–water partition coefficient (Wildman–Crippen LogP) is 6.43. The predicted molar refractivity (Wildman–Crippen MR) is 246 cm³/mol. The lowest BCUT2D eigenvalue weighted by Crippen LogP contribution is -2.62. The first kappa shape index (κ1) is 57.4. The van der Waals surface area contributed by atoms with Crippen LogP contribution in [0.1, 0.15) is 32.6 Å². The van der Waals surface area contributed by atoms with Crippen molar-refractivity contribution in [1.82, 2.24) is 0 Å². The van der Waals surface area contributed by atoms with Crippen molar-refractivity contribution in [1.29, 1.82) is 0 Å². The Labute approximate surface area is 364 Å². The maximum Gasteiger partial charge on any atom is 0.314 e. The van der Waals surface area contributed by atoms with Gasteiger partial charge in [0, 0.05) is 19.4 Å². The van der Waals surface area contributed by atoms with Crippen LogP contribution < -0.4 is 0 Å². The number of rotatable bonds is 27. The first-order valence-corrected chi connectivity index (χ1v) is 46.5. The fraction of sp³-hybridized carbons (Fsp3) is 0.939. The van der Waals surface area contributed by atoms with Crippen molar-refractivity contribution in [2.24, 2.45) is 0 Å². The van der Waals surface area contributed by atoms with Gasteiger partial charge in [0.1, 0.15) is 18.3 Å². The van der Waals surface area contributed by atoms with E-state index in [9.17, 15) is 24.9 Å². The highest BCUT2D eigenvalue weighted by Crippen LogP contribution is 2.32. The van der Waals surface area contributed by atoms with Crippen molar-refractivity contribution in [2.75, 3.05) is 6.61 Å². The highest BCUT2D eigenvalue weighted by molar-refractivity contribution is 6.93. The number of aliphatic carboxylic acids is 1. The number of carboxylic acid groups (broad SMARTS) is 1. The van der Waals surface area contributed by atoms with Crippen LogP contribution in [-0.2, 0) is 56.7 Å². The zero-order chi connectivity index (χ0) is 46.3. The molecule has 0 bridgehead atoms. The molecular weight excluding hydrogens is 921 g/mol. The molecule has 0 aromatic heterocycles. The number of carboxylic acids is 1. The monoisotopic (exact) mass is 1000 g/mol. The van der Waals surface area contributed by atoms with Crippen LogP contribution in [0.15, 0.2) is 0 Å². The molecule has 0 spiro atoms. The van der Waals surface area contributed by atoms with E-state index in [2.05, 4.69) is 26.2 Å². The molecule has 0 aromatic rings. The van der Waals surface area contributed by atoms with E-state index in [1.807, 2.05) is 91.7 Å². The zero-order valence-corrected chi connectivity index (χ0v) is 48.4. The van der Waals surface area contributed by atoms with Gasteiger partial charge in [0.15, 0.2) is 22.9 Å². The molecule has 1 heterocycles. The van der Waals surface area contributed by atoms with Crippen LogP contribution in [0.5, 0.6) is 0 Å². The van der Waals surface area contributed by atoms with Crippen LogP contribution in [0, 0.1) is 0 Å². The second kappa shape index (κ2) is 22.0. The third-order valence-electron chi connectivity index (χ3n) is 8.43. The van der Waals surface area contributed by atoms with Gasteiger partial charge >= 0.3 is 71.9 Å². The number of hydrogen-bond donors (Lipinski definition) is 4. The summed E-state index contributed by atoms with van der Waals surface area (Å²) < 4.78 is 69.7. The number of carbonyl (C=O) groups is 2. The van der Waals surface area contributed by atoms with Gasteiger partial charge in [0.05, 0.1) is 0 Å². The lowest BCUT2D eigenvalue weighted by atomic mass is 10.0. The van der Waals surface area contributed by atoms with Crippen molar-refractivity contribution in [3.05, 3.63) is 0 Å². The van der Waals surface area contributed by atoms with Gasteiger partial charge in [-0.2, -0.15) is 0 Å². The van der Waals surface area contributed by atoms with Crippen molar-refractivity contribution in [3.63, 3.8) is 0 Å². The summed E-state index contributed by atoms with van der Waals surface area (Å²) in [4.78, 5) is 23.7. The Morgan fingerprint density at radius 3 is 1.10 bits per heavy atom. The lowest BCUT2D eigenvalue weighted by Gasteiger charge is -2.44. The van der Waals surface area contributed by atoms with Gasteiger partial charge in [0.25, 0.3) is 0 Å². The molecular formula is C33H80O17Si9. The van der Waals surface area contributed by atoms with Gasteiger partial charge < -0.3 is 67.6 Å². The van der Waals surface area contributed by atoms with Gasteiger partial charge in [-0.15, -0.1) is 0 Å². The maximum atomic E-state index is 12.7. The summed E-state index contributed by atoms with van der Waals surface area (Å²) in [6.07, 6.45) is -6.18. The summed E-state index contributed by atoms with van der Waals surface area (Å²) in [5, 5.41) is 39.6. The van der Waals surface area contributed by atoms with Gasteiger partial charge in [-0.1, -0.05) is 0 Å². The fourth-order valence-corrected chi connectivity index (χ4v) is 53.6. The molecule has 350 valence electrons. The summed E-state index contributed by atoms with van der Waals surface area (Å²) in [6.45, 7) is 38.3. The Hall–Kier alpha value is 0.372.